The summed E-state index contributed by atoms with van der Waals surface area (Å²) in [7, 11) is 0. The zero-order chi connectivity index (χ0) is 16.1. The minimum atomic E-state index is -0.603. The number of halogens is 3. The van der Waals surface area contributed by atoms with Crippen molar-refractivity contribution in [2.24, 2.45) is 0 Å². The highest BCUT2D eigenvalue weighted by atomic mass is 79.9. The molecule has 2 rings (SSSR count). The van der Waals surface area contributed by atoms with Gasteiger partial charge in [0.2, 0.25) is 0 Å². The molecular formula is C16H9Br2FN2O. The summed E-state index contributed by atoms with van der Waals surface area (Å²) in [5, 5.41) is 11.7. The van der Waals surface area contributed by atoms with Gasteiger partial charge < -0.3 is 5.32 Å². The second-order valence-corrected chi connectivity index (χ2v) is 6.04. The van der Waals surface area contributed by atoms with Crippen LogP contribution in [-0.4, -0.2) is 5.91 Å². The predicted octanol–water partition coefficient (Wildman–Crippen LogP) is 4.90. The topological polar surface area (TPSA) is 52.9 Å². The Kier molecular flexibility index (Phi) is 5.47. The molecule has 0 aliphatic heterocycles. The van der Waals surface area contributed by atoms with Crippen LogP contribution in [-0.2, 0) is 4.79 Å². The Hall–Kier alpha value is -1.97. The Morgan fingerprint density at radius 3 is 2.64 bits per heavy atom. The number of anilines is 1. The van der Waals surface area contributed by atoms with Crippen LogP contribution in [0.2, 0.25) is 0 Å². The van der Waals surface area contributed by atoms with E-state index in [-0.39, 0.29) is 11.1 Å². The lowest BCUT2D eigenvalue weighted by molar-refractivity contribution is -0.112. The fraction of sp³-hybridized carbons (Fsp3) is 0. The zero-order valence-electron chi connectivity index (χ0n) is 11.1. The first-order chi connectivity index (χ1) is 10.5. The molecule has 0 aromatic heterocycles. The lowest BCUT2D eigenvalue weighted by atomic mass is 10.1. The van der Waals surface area contributed by atoms with Crippen LogP contribution < -0.4 is 5.32 Å². The fourth-order valence-corrected chi connectivity index (χ4v) is 2.44. The minimum Gasteiger partial charge on any atom is -0.320 e. The first-order valence-electron chi connectivity index (χ1n) is 6.14. The van der Waals surface area contributed by atoms with E-state index in [2.05, 4.69) is 37.2 Å². The molecule has 0 aliphatic rings. The Labute approximate surface area is 143 Å². The van der Waals surface area contributed by atoms with E-state index < -0.39 is 11.7 Å². The van der Waals surface area contributed by atoms with Gasteiger partial charge in [-0.3, -0.25) is 4.79 Å². The van der Waals surface area contributed by atoms with Gasteiger partial charge in [0.25, 0.3) is 5.91 Å². The Bertz CT molecular complexity index is 797. The minimum absolute atomic E-state index is 0.160. The number of carbonyl (C=O) groups excluding carboxylic acids is 1. The maximum absolute atomic E-state index is 13.7. The van der Waals surface area contributed by atoms with Crippen LogP contribution in [0.3, 0.4) is 0 Å². The van der Waals surface area contributed by atoms with E-state index in [0.717, 1.165) is 0 Å². The number of benzene rings is 2. The van der Waals surface area contributed by atoms with E-state index in [9.17, 15) is 9.18 Å². The van der Waals surface area contributed by atoms with Crippen LogP contribution in [0.1, 0.15) is 5.56 Å². The third-order valence-electron chi connectivity index (χ3n) is 2.75. The van der Waals surface area contributed by atoms with Gasteiger partial charge in [-0.05, 0) is 52.3 Å². The number of rotatable bonds is 3. The van der Waals surface area contributed by atoms with Gasteiger partial charge in [0, 0.05) is 14.5 Å². The summed E-state index contributed by atoms with van der Waals surface area (Å²) in [6.45, 7) is 0. The lowest BCUT2D eigenvalue weighted by Gasteiger charge is -2.06. The molecule has 0 aliphatic carbocycles. The van der Waals surface area contributed by atoms with E-state index in [1.54, 1.807) is 36.4 Å². The molecule has 0 bridgehead atoms. The molecule has 6 heteroatoms. The molecule has 0 spiro atoms. The third-order valence-corrected chi connectivity index (χ3v) is 3.93. The monoisotopic (exact) mass is 422 g/mol. The third kappa shape index (κ3) is 4.03. The molecule has 1 N–H and O–H groups in total. The number of hydrogen-bond acceptors (Lipinski definition) is 2. The predicted molar refractivity (Wildman–Crippen MR) is 90.5 cm³/mol. The second kappa shape index (κ2) is 7.34. The lowest BCUT2D eigenvalue weighted by Crippen LogP contribution is -2.13. The SMILES string of the molecule is N#C/C(=C/c1cc(Br)ccc1F)C(=O)Nc1ccccc1Br. The van der Waals surface area contributed by atoms with E-state index in [1.807, 2.05) is 0 Å². The molecule has 0 fully saturated rings. The van der Waals surface area contributed by atoms with Gasteiger partial charge in [-0.25, -0.2) is 4.39 Å². The number of hydrogen-bond donors (Lipinski definition) is 1. The maximum Gasteiger partial charge on any atom is 0.266 e. The standard InChI is InChI=1S/C16H9Br2FN2O/c17-12-5-6-14(19)10(8-12)7-11(9-20)16(22)21-15-4-2-1-3-13(15)18/h1-8H,(H,21,22)/b11-7-. The normalized spacial score (nSPS) is 10.9. The van der Waals surface area contributed by atoms with Gasteiger partial charge in [-0.15, -0.1) is 0 Å². The quantitative estimate of drug-likeness (QED) is 0.564. The van der Waals surface area contributed by atoms with Crippen LogP contribution in [0.15, 0.2) is 57.0 Å². The number of nitrogens with one attached hydrogen (secondary N) is 1. The molecule has 1 amide bonds. The van der Waals surface area contributed by atoms with Gasteiger partial charge in [-0.2, -0.15) is 5.26 Å². The van der Waals surface area contributed by atoms with Crippen molar-refractivity contribution in [2.75, 3.05) is 5.32 Å². The van der Waals surface area contributed by atoms with E-state index in [0.29, 0.717) is 14.6 Å². The summed E-state index contributed by atoms with van der Waals surface area (Å²) in [5.41, 5.74) is 0.504. The van der Waals surface area contributed by atoms with Crippen molar-refractivity contribution in [3.05, 3.63) is 68.4 Å². The summed E-state index contributed by atoms with van der Waals surface area (Å²) in [6.07, 6.45) is 1.21. The molecule has 0 heterocycles. The molecular weight excluding hydrogens is 415 g/mol. The first kappa shape index (κ1) is 16.4. The summed E-state index contributed by atoms with van der Waals surface area (Å²) >= 11 is 6.52. The van der Waals surface area contributed by atoms with E-state index >= 15 is 0 Å². The number of amides is 1. The van der Waals surface area contributed by atoms with Crippen molar-refractivity contribution in [3.8, 4) is 6.07 Å². The van der Waals surface area contributed by atoms with Crippen LogP contribution in [0.4, 0.5) is 10.1 Å². The molecule has 0 radical (unpaired) electrons. The van der Waals surface area contributed by atoms with Crippen LogP contribution >= 0.6 is 31.9 Å². The van der Waals surface area contributed by atoms with Crippen molar-refractivity contribution in [1.29, 1.82) is 5.26 Å². The molecule has 0 saturated carbocycles. The van der Waals surface area contributed by atoms with E-state index in [4.69, 9.17) is 5.26 Å². The Morgan fingerprint density at radius 1 is 1.23 bits per heavy atom. The molecule has 0 unspecified atom stereocenters. The van der Waals surface area contributed by atoms with E-state index in [1.165, 1.54) is 18.2 Å². The highest BCUT2D eigenvalue weighted by Crippen LogP contribution is 2.23. The van der Waals surface area contributed by atoms with Crippen molar-refractivity contribution in [2.45, 2.75) is 0 Å². The number of para-hydroxylation sites is 1. The fourth-order valence-electron chi connectivity index (χ4n) is 1.68. The molecule has 3 nitrogen and oxygen atoms in total. The number of nitrogens with zero attached hydrogens (tertiary/aromatic N) is 1. The van der Waals surface area contributed by atoms with Crippen molar-refractivity contribution in [3.63, 3.8) is 0 Å². The summed E-state index contributed by atoms with van der Waals surface area (Å²) in [5.74, 6) is -1.11. The van der Waals surface area contributed by atoms with Crippen molar-refractivity contribution < 1.29 is 9.18 Å². The summed E-state index contributed by atoms with van der Waals surface area (Å²) in [4.78, 5) is 12.1. The molecule has 0 atom stereocenters. The molecule has 22 heavy (non-hydrogen) atoms. The highest BCUT2D eigenvalue weighted by Gasteiger charge is 2.12. The molecule has 2 aromatic carbocycles. The van der Waals surface area contributed by atoms with Crippen LogP contribution in [0, 0.1) is 17.1 Å². The molecule has 110 valence electrons. The average Bonchev–Trinajstić information content (AvgIpc) is 2.50. The van der Waals surface area contributed by atoms with Gasteiger partial charge in [0.1, 0.15) is 17.5 Å². The maximum atomic E-state index is 13.7. The van der Waals surface area contributed by atoms with Gasteiger partial charge >= 0.3 is 0 Å². The van der Waals surface area contributed by atoms with Crippen LogP contribution in [0.5, 0.6) is 0 Å². The van der Waals surface area contributed by atoms with Crippen molar-refractivity contribution in [1.82, 2.24) is 0 Å². The van der Waals surface area contributed by atoms with Crippen molar-refractivity contribution >= 4 is 49.5 Å². The number of nitriles is 1. The summed E-state index contributed by atoms with van der Waals surface area (Å²) in [6, 6.07) is 13.1. The second-order valence-electron chi connectivity index (χ2n) is 4.27. The Balaban J connectivity index is 2.30. The van der Waals surface area contributed by atoms with Gasteiger partial charge in [-0.1, -0.05) is 28.1 Å². The van der Waals surface area contributed by atoms with Crippen LogP contribution in [0.25, 0.3) is 6.08 Å². The molecule has 2 aromatic rings. The number of carbonyl (C=O) groups is 1. The average molecular weight is 424 g/mol. The molecule has 0 saturated heterocycles. The summed E-state index contributed by atoms with van der Waals surface area (Å²) < 4.78 is 15.1. The largest absolute Gasteiger partial charge is 0.320 e. The zero-order valence-corrected chi connectivity index (χ0v) is 14.3. The smallest absolute Gasteiger partial charge is 0.266 e. The Morgan fingerprint density at radius 2 is 1.95 bits per heavy atom. The first-order valence-corrected chi connectivity index (χ1v) is 7.72. The highest BCUT2D eigenvalue weighted by molar-refractivity contribution is 9.10. The van der Waals surface area contributed by atoms with Gasteiger partial charge in [0.05, 0.1) is 5.69 Å². The van der Waals surface area contributed by atoms with Gasteiger partial charge in [0.15, 0.2) is 0 Å².